The van der Waals surface area contributed by atoms with E-state index >= 15 is 0 Å². The van der Waals surface area contributed by atoms with Gasteiger partial charge < -0.3 is 15.0 Å². The van der Waals surface area contributed by atoms with Gasteiger partial charge in [0.2, 0.25) is 0 Å². The highest BCUT2D eigenvalue weighted by atomic mass is 19.1. The Bertz CT molecular complexity index is 648. The first kappa shape index (κ1) is 12.2. The van der Waals surface area contributed by atoms with E-state index in [1.807, 2.05) is 4.57 Å². The van der Waals surface area contributed by atoms with E-state index in [0.717, 1.165) is 41.7 Å². The van der Waals surface area contributed by atoms with Crippen LogP contribution < -0.4 is 5.32 Å². The molecule has 4 nitrogen and oxygen atoms in total. The van der Waals surface area contributed by atoms with Crippen molar-refractivity contribution in [2.24, 2.45) is 0 Å². The quantitative estimate of drug-likeness (QED) is 0.888. The van der Waals surface area contributed by atoms with Crippen molar-refractivity contribution < 1.29 is 14.3 Å². The number of hydrogen-bond donors (Lipinski definition) is 2. The normalized spacial score (nSPS) is 14.6. The fourth-order valence-corrected chi connectivity index (χ4v) is 2.82. The fourth-order valence-electron chi connectivity index (χ4n) is 2.82. The summed E-state index contributed by atoms with van der Waals surface area (Å²) in [6.45, 7) is 2.03. The van der Waals surface area contributed by atoms with Crippen LogP contribution in [0.3, 0.4) is 0 Å². The van der Waals surface area contributed by atoms with Gasteiger partial charge in [-0.2, -0.15) is 0 Å². The number of benzene rings is 1. The van der Waals surface area contributed by atoms with Crippen LogP contribution in [0.4, 0.5) is 4.39 Å². The van der Waals surface area contributed by atoms with Crippen LogP contribution in [-0.2, 0) is 24.3 Å². The number of hydrogen-bond acceptors (Lipinski definition) is 2. The SMILES string of the molecule is O=C(O)CCn1c2c(c3cc(F)ccc31)CNCC2. The summed E-state index contributed by atoms with van der Waals surface area (Å²) in [6, 6.07) is 4.71. The Hall–Kier alpha value is -1.88. The van der Waals surface area contributed by atoms with Gasteiger partial charge in [0.05, 0.1) is 6.42 Å². The Balaban J connectivity index is 2.15. The molecule has 100 valence electrons. The van der Waals surface area contributed by atoms with Gasteiger partial charge in [0, 0.05) is 42.7 Å². The summed E-state index contributed by atoms with van der Waals surface area (Å²) in [4.78, 5) is 10.8. The number of aromatic nitrogens is 1. The number of nitrogens with one attached hydrogen (secondary N) is 1. The highest BCUT2D eigenvalue weighted by Gasteiger charge is 2.20. The zero-order chi connectivity index (χ0) is 13.4. The third-order valence-corrected chi connectivity index (χ3v) is 3.64. The van der Waals surface area contributed by atoms with Crippen LogP contribution in [0.2, 0.25) is 0 Å². The minimum Gasteiger partial charge on any atom is -0.481 e. The zero-order valence-corrected chi connectivity index (χ0v) is 10.4. The van der Waals surface area contributed by atoms with Gasteiger partial charge >= 0.3 is 5.97 Å². The number of aryl methyl sites for hydroxylation is 1. The van der Waals surface area contributed by atoms with Crippen molar-refractivity contribution in [3.05, 3.63) is 35.3 Å². The Morgan fingerprint density at radius 1 is 1.47 bits per heavy atom. The number of carbonyl (C=O) groups is 1. The lowest BCUT2D eigenvalue weighted by Crippen LogP contribution is -2.25. The van der Waals surface area contributed by atoms with Crippen LogP contribution in [0.1, 0.15) is 17.7 Å². The third-order valence-electron chi connectivity index (χ3n) is 3.64. The molecule has 3 rings (SSSR count). The maximum Gasteiger partial charge on any atom is 0.305 e. The van der Waals surface area contributed by atoms with Crippen molar-refractivity contribution >= 4 is 16.9 Å². The fraction of sp³-hybridized carbons (Fsp3) is 0.357. The molecule has 0 unspecified atom stereocenters. The molecule has 0 saturated heterocycles. The van der Waals surface area contributed by atoms with Gasteiger partial charge in [-0.15, -0.1) is 0 Å². The first-order chi connectivity index (χ1) is 9.16. The minimum atomic E-state index is -0.813. The van der Waals surface area contributed by atoms with Crippen molar-refractivity contribution in [3.8, 4) is 0 Å². The molecule has 0 radical (unpaired) electrons. The lowest BCUT2D eigenvalue weighted by molar-refractivity contribution is -0.137. The molecule has 0 bridgehead atoms. The van der Waals surface area contributed by atoms with Crippen molar-refractivity contribution in [3.63, 3.8) is 0 Å². The lowest BCUT2D eigenvalue weighted by Gasteiger charge is -2.16. The van der Waals surface area contributed by atoms with Crippen molar-refractivity contribution in [1.29, 1.82) is 0 Å². The van der Waals surface area contributed by atoms with E-state index < -0.39 is 5.97 Å². The maximum absolute atomic E-state index is 13.4. The Morgan fingerprint density at radius 2 is 2.32 bits per heavy atom. The molecule has 1 aromatic heterocycles. The van der Waals surface area contributed by atoms with E-state index in [9.17, 15) is 9.18 Å². The highest BCUT2D eigenvalue weighted by molar-refractivity contribution is 5.86. The maximum atomic E-state index is 13.4. The summed E-state index contributed by atoms with van der Waals surface area (Å²) in [6.07, 6.45) is 0.937. The zero-order valence-electron chi connectivity index (χ0n) is 10.4. The molecule has 5 heteroatoms. The number of nitrogens with zero attached hydrogens (tertiary/aromatic N) is 1. The van der Waals surface area contributed by atoms with E-state index in [1.54, 1.807) is 12.1 Å². The molecule has 0 atom stereocenters. The molecule has 1 aliphatic rings. The molecule has 2 N–H and O–H groups in total. The standard InChI is InChI=1S/C14H15FN2O2/c15-9-1-2-12-10(7-9)11-8-16-5-3-13(11)17(12)6-4-14(18)19/h1-2,7,16H,3-6,8H2,(H,18,19). The predicted molar refractivity (Wildman–Crippen MR) is 69.6 cm³/mol. The Labute approximate surface area is 109 Å². The molecule has 0 fully saturated rings. The molecule has 0 amide bonds. The van der Waals surface area contributed by atoms with Gasteiger partial charge in [0.15, 0.2) is 0 Å². The highest BCUT2D eigenvalue weighted by Crippen LogP contribution is 2.29. The van der Waals surface area contributed by atoms with Crippen LogP contribution >= 0.6 is 0 Å². The van der Waals surface area contributed by atoms with Crippen LogP contribution in [0.15, 0.2) is 18.2 Å². The first-order valence-electron chi connectivity index (χ1n) is 6.39. The van der Waals surface area contributed by atoms with Gasteiger partial charge in [-0.3, -0.25) is 4.79 Å². The second-order valence-electron chi connectivity index (χ2n) is 4.81. The van der Waals surface area contributed by atoms with Crippen LogP contribution in [-0.4, -0.2) is 22.2 Å². The Kier molecular flexibility index (Phi) is 2.98. The molecule has 0 aliphatic carbocycles. The summed E-state index contributed by atoms with van der Waals surface area (Å²) in [7, 11) is 0. The summed E-state index contributed by atoms with van der Waals surface area (Å²) >= 11 is 0. The number of rotatable bonds is 3. The monoisotopic (exact) mass is 262 g/mol. The summed E-state index contributed by atoms with van der Waals surface area (Å²) < 4.78 is 15.4. The molecule has 1 aliphatic heterocycles. The Morgan fingerprint density at radius 3 is 3.11 bits per heavy atom. The summed E-state index contributed by atoms with van der Waals surface area (Å²) in [5, 5.41) is 13.0. The van der Waals surface area contributed by atoms with Gasteiger partial charge in [0.1, 0.15) is 5.82 Å². The summed E-state index contributed by atoms with van der Waals surface area (Å²) in [5.74, 6) is -1.07. The molecular formula is C14H15FN2O2. The molecule has 0 spiro atoms. The summed E-state index contributed by atoms with van der Waals surface area (Å²) in [5.41, 5.74) is 3.17. The number of halogens is 1. The van der Waals surface area contributed by atoms with Gasteiger partial charge in [-0.05, 0) is 23.8 Å². The lowest BCUT2D eigenvalue weighted by atomic mass is 10.1. The number of aliphatic carboxylic acids is 1. The first-order valence-corrected chi connectivity index (χ1v) is 6.39. The molecule has 1 aromatic carbocycles. The van der Waals surface area contributed by atoms with E-state index in [1.165, 1.54) is 6.07 Å². The molecule has 2 aromatic rings. The molecular weight excluding hydrogens is 247 g/mol. The van der Waals surface area contributed by atoms with E-state index in [0.29, 0.717) is 6.54 Å². The molecule has 0 saturated carbocycles. The van der Waals surface area contributed by atoms with Crippen LogP contribution in [0.25, 0.3) is 10.9 Å². The number of fused-ring (bicyclic) bond motifs is 3. The number of carboxylic acid groups (broad SMARTS) is 1. The predicted octanol–water partition coefficient (Wildman–Crippen LogP) is 1.90. The average molecular weight is 262 g/mol. The smallest absolute Gasteiger partial charge is 0.305 e. The average Bonchev–Trinajstić information content (AvgIpc) is 2.70. The van der Waals surface area contributed by atoms with E-state index in [2.05, 4.69) is 5.32 Å². The van der Waals surface area contributed by atoms with Crippen molar-refractivity contribution in [1.82, 2.24) is 9.88 Å². The van der Waals surface area contributed by atoms with Gasteiger partial charge in [0.25, 0.3) is 0 Å². The topological polar surface area (TPSA) is 54.3 Å². The van der Waals surface area contributed by atoms with Crippen LogP contribution in [0.5, 0.6) is 0 Å². The van der Waals surface area contributed by atoms with Gasteiger partial charge in [-0.1, -0.05) is 0 Å². The van der Waals surface area contributed by atoms with E-state index in [-0.39, 0.29) is 12.2 Å². The van der Waals surface area contributed by atoms with Crippen molar-refractivity contribution in [2.75, 3.05) is 6.54 Å². The van der Waals surface area contributed by atoms with Crippen molar-refractivity contribution in [2.45, 2.75) is 25.9 Å². The second-order valence-corrected chi connectivity index (χ2v) is 4.81. The van der Waals surface area contributed by atoms with Crippen LogP contribution in [0, 0.1) is 5.82 Å². The third kappa shape index (κ3) is 2.10. The minimum absolute atomic E-state index is 0.0844. The van der Waals surface area contributed by atoms with Gasteiger partial charge in [-0.25, -0.2) is 4.39 Å². The van der Waals surface area contributed by atoms with E-state index in [4.69, 9.17) is 5.11 Å². The number of carboxylic acids is 1. The largest absolute Gasteiger partial charge is 0.481 e. The molecule has 19 heavy (non-hydrogen) atoms. The molecule has 2 heterocycles. The second kappa shape index (κ2) is 4.66.